The smallest absolute Gasteiger partial charge is 0.350 e. The maximum Gasteiger partial charge on any atom is 0.417 e. The van der Waals surface area contributed by atoms with Crippen LogP contribution in [0.2, 0.25) is 5.02 Å². The van der Waals surface area contributed by atoms with Crippen LogP contribution in [0.1, 0.15) is 38.8 Å². The van der Waals surface area contributed by atoms with Gasteiger partial charge in [0.15, 0.2) is 0 Å². The summed E-state index contributed by atoms with van der Waals surface area (Å²) in [5.41, 5.74) is -1.99. The molecular formula is C29H30ClF4N3O4S. The number of nitrogens with one attached hydrogen (secondary N) is 1. The Bertz CT molecular complexity index is 1530. The number of anilines is 1. The SMILES string of the molecule is C[C@@H](C(=O)NC(C)(C)C)N(Cc1ccc(F)cc1)C(=O)CN(c1ccc(Cl)c(C(F)(F)F)c1)S(=O)(=O)c1ccccc1. The minimum Gasteiger partial charge on any atom is -0.350 e. The van der Waals surface area contributed by atoms with E-state index >= 15 is 0 Å². The van der Waals surface area contributed by atoms with Crippen LogP contribution in [0, 0.1) is 5.82 Å². The van der Waals surface area contributed by atoms with E-state index in [-0.39, 0.29) is 11.4 Å². The third kappa shape index (κ3) is 8.22. The number of sulfonamides is 1. The van der Waals surface area contributed by atoms with Gasteiger partial charge in [0, 0.05) is 12.1 Å². The average Bonchev–Trinajstić information content (AvgIpc) is 2.90. The third-order valence-corrected chi connectivity index (χ3v) is 8.20. The minimum atomic E-state index is -4.91. The van der Waals surface area contributed by atoms with Crippen molar-refractivity contribution in [1.82, 2.24) is 10.2 Å². The van der Waals surface area contributed by atoms with Gasteiger partial charge in [-0.15, -0.1) is 0 Å². The predicted molar refractivity (Wildman–Crippen MR) is 152 cm³/mol. The number of hydrogen-bond donors (Lipinski definition) is 1. The summed E-state index contributed by atoms with van der Waals surface area (Å²) in [7, 11) is -4.59. The summed E-state index contributed by atoms with van der Waals surface area (Å²) in [6, 6.07) is 13.4. The molecule has 0 aliphatic carbocycles. The molecule has 0 saturated carbocycles. The van der Waals surface area contributed by atoms with E-state index in [0.717, 1.165) is 29.2 Å². The predicted octanol–water partition coefficient (Wildman–Crippen LogP) is 6.03. The molecule has 3 rings (SSSR count). The quantitative estimate of drug-likeness (QED) is 0.294. The Kier molecular flexibility index (Phi) is 9.94. The molecule has 0 saturated heterocycles. The van der Waals surface area contributed by atoms with Crippen LogP contribution in [-0.4, -0.2) is 43.3 Å². The molecule has 0 aromatic heterocycles. The number of rotatable bonds is 9. The van der Waals surface area contributed by atoms with Crippen molar-refractivity contribution >= 4 is 39.1 Å². The van der Waals surface area contributed by atoms with Crippen molar-refractivity contribution in [2.45, 2.75) is 56.9 Å². The molecule has 3 aromatic rings. The number of nitrogens with zero attached hydrogens (tertiary/aromatic N) is 2. The second-order valence-electron chi connectivity index (χ2n) is 10.5. The first-order chi connectivity index (χ1) is 19.4. The van der Waals surface area contributed by atoms with Crippen LogP contribution in [0.3, 0.4) is 0 Å². The number of halogens is 5. The van der Waals surface area contributed by atoms with Gasteiger partial charge in [-0.3, -0.25) is 13.9 Å². The van der Waals surface area contributed by atoms with Crippen LogP contribution in [0.5, 0.6) is 0 Å². The fourth-order valence-corrected chi connectivity index (χ4v) is 5.63. The molecule has 0 heterocycles. The monoisotopic (exact) mass is 627 g/mol. The Hall–Kier alpha value is -3.64. The molecule has 0 aliphatic rings. The molecule has 7 nitrogen and oxygen atoms in total. The van der Waals surface area contributed by atoms with Crippen LogP contribution in [0.15, 0.2) is 77.7 Å². The van der Waals surface area contributed by atoms with Crippen LogP contribution in [-0.2, 0) is 32.3 Å². The van der Waals surface area contributed by atoms with E-state index in [0.29, 0.717) is 15.9 Å². The number of carbonyl (C=O) groups excluding carboxylic acids is 2. The van der Waals surface area contributed by atoms with Gasteiger partial charge in [-0.1, -0.05) is 41.9 Å². The highest BCUT2D eigenvalue weighted by atomic mass is 35.5. The van der Waals surface area contributed by atoms with Gasteiger partial charge in [-0.05, 0) is 75.7 Å². The van der Waals surface area contributed by atoms with Crippen LogP contribution >= 0.6 is 11.6 Å². The lowest BCUT2D eigenvalue weighted by molar-refractivity contribution is -0.140. The van der Waals surface area contributed by atoms with Gasteiger partial charge in [0.25, 0.3) is 10.0 Å². The zero-order valence-corrected chi connectivity index (χ0v) is 24.8. The van der Waals surface area contributed by atoms with Gasteiger partial charge in [0.1, 0.15) is 18.4 Å². The molecule has 0 unspecified atom stereocenters. The fourth-order valence-electron chi connectivity index (χ4n) is 3.98. The maximum absolute atomic E-state index is 13.9. The van der Waals surface area contributed by atoms with Gasteiger partial charge >= 0.3 is 6.18 Å². The first kappa shape index (κ1) is 32.9. The van der Waals surface area contributed by atoms with Crippen LogP contribution < -0.4 is 9.62 Å². The molecule has 2 amide bonds. The van der Waals surface area contributed by atoms with E-state index in [1.807, 2.05) is 0 Å². The van der Waals surface area contributed by atoms with E-state index in [4.69, 9.17) is 11.6 Å². The van der Waals surface area contributed by atoms with Crippen molar-refractivity contribution < 1.29 is 35.6 Å². The second-order valence-corrected chi connectivity index (χ2v) is 12.8. The molecule has 0 radical (unpaired) electrons. The zero-order chi connectivity index (χ0) is 31.5. The highest BCUT2D eigenvalue weighted by Gasteiger charge is 2.37. The number of amides is 2. The molecule has 1 N–H and O–H groups in total. The van der Waals surface area contributed by atoms with E-state index in [1.165, 1.54) is 43.3 Å². The fraction of sp³-hybridized carbons (Fsp3) is 0.310. The van der Waals surface area contributed by atoms with Gasteiger partial charge in [0.2, 0.25) is 11.8 Å². The molecule has 0 aliphatic heterocycles. The van der Waals surface area contributed by atoms with Crippen molar-refractivity contribution in [3.63, 3.8) is 0 Å². The molecule has 1 atom stereocenters. The standard InChI is InChI=1S/C29H30ClF4N3O4S/c1-19(27(39)35-28(2,3)4)36(17-20-10-12-21(31)13-11-20)26(38)18-37(42(40,41)23-8-6-5-7-9-23)22-14-15-25(30)24(16-22)29(32,33)34/h5-16,19H,17-18H2,1-4H3,(H,35,39)/t19-/m0/s1. The highest BCUT2D eigenvalue weighted by Crippen LogP contribution is 2.38. The third-order valence-electron chi connectivity index (χ3n) is 6.09. The Balaban J connectivity index is 2.11. The summed E-state index contributed by atoms with van der Waals surface area (Å²) in [5, 5.41) is 2.10. The second kappa shape index (κ2) is 12.7. The molecule has 0 bridgehead atoms. The molecular weight excluding hydrogens is 598 g/mol. The molecule has 226 valence electrons. The average molecular weight is 628 g/mol. The zero-order valence-electron chi connectivity index (χ0n) is 23.2. The normalized spacial score (nSPS) is 12.9. The maximum atomic E-state index is 13.9. The van der Waals surface area contributed by atoms with E-state index < -0.39 is 68.2 Å². The van der Waals surface area contributed by atoms with Crippen molar-refractivity contribution in [2.75, 3.05) is 10.8 Å². The van der Waals surface area contributed by atoms with Crippen LogP contribution in [0.4, 0.5) is 23.2 Å². The summed E-state index contributed by atoms with van der Waals surface area (Å²) >= 11 is 5.77. The summed E-state index contributed by atoms with van der Waals surface area (Å²) < 4.78 is 82.7. The number of hydrogen-bond acceptors (Lipinski definition) is 4. The van der Waals surface area contributed by atoms with Gasteiger partial charge in [0.05, 0.1) is 21.2 Å². The largest absolute Gasteiger partial charge is 0.417 e. The van der Waals surface area contributed by atoms with Crippen molar-refractivity contribution in [2.24, 2.45) is 0 Å². The van der Waals surface area contributed by atoms with E-state index in [1.54, 1.807) is 26.8 Å². The van der Waals surface area contributed by atoms with Gasteiger partial charge in [-0.2, -0.15) is 13.2 Å². The van der Waals surface area contributed by atoms with Gasteiger partial charge in [-0.25, -0.2) is 12.8 Å². The Morgan fingerprint density at radius 3 is 2.10 bits per heavy atom. The Morgan fingerprint density at radius 1 is 0.952 bits per heavy atom. The molecule has 0 fully saturated rings. The summed E-state index contributed by atoms with van der Waals surface area (Å²) in [5.74, 6) is -1.97. The topological polar surface area (TPSA) is 86.8 Å². The van der Waals surface area contributed by atoms with E-state index in [9.17, 15) is 35.6 Å². The first-order valence-corrected chi connectivity index (χ1v) is 14.5. The first-order valence-electron chi connectivity index (χ1n) is 12.7. The van der Waals surface area contributed by atoms with Gasteiger partial charge < -0.3 is 10.2 Å². The molecule has 0 spiro atoms. The van der Waals surface area contributed by atoms with E-state index in [2.05, 4.69) is 5.32 Å². The summed E-state index contributed by atoms with van der Waals surface area (Å²) in [6.45, 7) is 5.46. The number of benzene rings is 3. The Morgan fingerprint density at radius 2 is 1.55 bits per heavy atom. The number of alkyl halides is 3. The molecule has 42 heavy (non-hydrogen) atoms. The molecule has 3 aromatic carbocycles. The van der Waals surface area contributed by atoms with Crippen molar-refractivity contribution in [3.05, 3.63) is 94.8 Å². The summed E-state index contributed by atoms with van der Waals surface area (Å²) in [6.07, 6.45) is -4.91. The summed E-state index contributed by atoms with van der Waals surface area (Å²) in [4.78, 5) is 27.7. The number of carbonyl (C=O) groups is 2. The van der Waals surface area contributed by atoms with Crippen molar-refractivity contribution in [3.8, 4) is 0 Å². The lowest BCUT2D eigenvalue weighted by atomic mass is 10.1. The van der Waals surface area contributed by atoms with Crippen LogP contribution in [0.25, 0.3) is 0 Å². The molecule has 13 heteroatoms. The lowest BCUT2D eigenvalue weighted by Gasteiger charge is -2.33. The highest BCUT2D eigenvalue weighted by molar-refractivity contribution is 7.92. The van der Waals surface area contributed by atoms with Crippen molar-refractivity contribution in [1.29, 1.82) is 0 Å². The Labute approximate surface area is 247 Å². The lowest BCUT2D eigenvalue weighted by Crippen LogP contribution is -2.54. The minimum absolute atomic E-state index is 0.217.